The van der Waals surface area contributed by atoms with Gasteiger partial charge in [-0.05, 0) is 39.5 Å². The van der Waals surface area contributed by atoms with Crippen molar-refractivity contribution in [3.63, 3.8) is 0 Å². The summed E-state index contributed by atoms with van der Waals surface area (Å²) in [7, 11) is 0. The minimum Gasteiger partial charge on any atom is -0.480 e. The predicted octanol–water partition coefficient (Wildman–Crippen LogP) is -1.11. The maximum absolute atomic E-state index is 12.3. The Bertz CT molecular complexity index is 822. The summed E-state index contributed by atoms with van der Waals surface area (Å²) < 4.78 is 0. The molecule has 0 aromatic carbocycles. The van der Waals surface area contributed by atoms with Crippen molar-refractivity contribution in [2.24, 2.45) is 0 Å². The fraction of sp³-hybridized carbons (Fsp3) is 0.600. The molecule has 0 rings (SSSR count). The lowest BCUT2D eigenvalue weighted by Gasteiger charge is -2.27. The molecule has 0 bridgehead atoms. The lowest BCUT2D eigenvalue weighted by atomic mass is 10.3. The molecular weight excluding hydrogens is 512 g/mol. The van der Waals surface area contributed by atoms with Crippen molar-refractivity contribution in [3.05, 3.63) is 24.3 Å². The molecule has 0 saturated carbocycles. The van der Waals surface area contributed by atoms with Crippen LogP contribution in [0.2, 0.25) is 0 Å². The molecular formula is C25H42N6O8. The highest BCUT2D eigenvalue weighted by atomic mass is 16.4. The van der Waals surface area contributed by atoms with Crippen molar-refractivity contribution in [1.82, 2.24) is 31.1 Å². The topological polar surface area (TPSA) is 197 Å². The number of amides is 4. The van der Waals surface area contributed by atoms with Crippen LogP contribution in [0.5, 0.6) is 0 Å². The third-order valence-corrected chi connectivity index (χ3v) is 5.05. The van der Waals surface area contributed by atoms with Gasteiger partial charge in [0.25, 0.3) is 0 Å². The first-order chi connectivity index (χ1) is 18.3. The summed E-state index contributed by atoms with van der Waals surface area (Å²) in [6.45, 7) is 9.79. The van der Waals surface area contributed by atoms with E-state index in [2.05, 4.69) is 34.4 Å². The van der Waals surface area contributed by atoms with Crippen LogP contribution >= 0.6 is 0 Å². The molecule has 0 atom stereocenters. The van der Waals surface area contributed by atoms with Crippen LogP contribution in [0.15, 0.2) is 24.3 Å². The summed E-state index contributed by atoms with van der Waals surface area (Å²) in [5.41, 5.74) is 0.801. The Hall–Kier alpha value is -3.78. The van der Waals surface area contributed by atoms with Crippen molar-refractivity contribution < 1.29 is 39.0 Å². The van der Waals surface area contributed by atoms with E-state index in [1.54, 1.807) is 13.8 Å². The van der Waals surface area contributed by atoms with E-state index in [1.165, 1.54) is 9.80 Å². The van der Waals surface area contributed by atoms with Crippen LogP contribution < -0.4 is 21.3 Å². The molecule has 0 aromatic heterocycles. The molecule has 14 heteroatoms. The minimum atomic E-state index is -1.21. The fourth-order valence-corrected chi connectivity index (χ4v) is 3.16. The first-order valence-electron chi connectivity index (χ1n) is 12.6. The number of hydrogen-bond acceptors (Lipinski definition) is 8. The molecule has 220 valence electrons. The van der Waals surface area contributed by atoms with Gasteiger partial charge in [-0.3, -0.25) is 38.6 Å². The van der Waals surface area contributed by atoms with Gasteiger partial charge in [0.1, 0.15) is 0 Å². The highest BCUT2D eigenvalue weighted by Crippen LogP contribution is 1.98. The number of nitrogens with one attached hydrogen (secondary N) is 4. The predicted molar refractivity (Wildman–Crippen MR) is 143 cm³/mol. The fourth-order valence-electron chi connectivity index (χ4n) is 3.16. The standard InChI is InChI=1S/C25H42N6O8/c1-18(2)24(38)28-11-7-5-9-26-20(32)13-30(15-22(34)35)17-31(16-23(36)37)14-21(33)27-10-6-8-12-29-25(39)19(3)4/h1,3,5-17H2,2,4H3,(H,26,32)(H,27,33)(H,28,38)(H,29,39)(H,34,35)(H,36,37). The van der Waals surface area contributed by atoms with E-state index in [4.69, 9.17) is 0 Å². The first-order valence-corrected chi connectivity index (χ1v) is 12.6. The molecule has 0 heterocycles. The summed E-state index contributed by atoms with van der Waals surface area (Å²) in [5.74, 6) is -3.83. The van der Waals surface area contributed by atoms with Crippen molar-refractivity contribution in [2.45, 2.75) is 39.5 Å². The minimum absolute atomic E-state index is 0.237. The van der Waals surface area contributed by atoms with Gasteiger partial charge in [0, 0.05) is 37.3 Å². The molecule has 14 nitrogen and oxygen atoms in total. The average molecular weight is 555 g/mol. The van der Waals surface area contributed by atoms with Crippen molar-refractivity contribution in [3.8, 4) is 0 Å². The van der Waals surface area contributed by atoms with Gasteiger partial charge in [0.05, 0.1) is 32.8 Å². The van der Waals surface area contributed by atoms with E-state index in [1.807, 2.05) is 0 Å². The molecule has 0 aliphatic heterocycles. The molecule has 0 radical (unpaired) electrons. The van der Waals surface area contributed by atoms with Crippen molar-refractivity contribution >= 4 is 35.6 Å². The molecule has 0 aliphatic rings. The van der Waals surface area contributed by atoms with Gasteiger partial charge >= 0.3 is 11.9 Å². The van der Waals surface area contributed by atoms with E-state index in [0.29, 0.717) is 63.0 Å². The van der Waals surface area contributed by atoms with E-state index in [9.17, 15) is 39.0 Å². The Morgan fingerprint density at radius 1 is 0.564 bits per heavy atom. The van der Waals surface area contributed by atoms with Crippen molar-refractivity contribution in [1.29, 1.82) is 0 Å². The largest absolute Gasteiger partial charge is 0.480 e. The molecule has 4 amide bonds. The highest BCUT2D eigenvalue weighted by Gasteiger charge is 2.21. The van der Waals surface area contributed by atoms with Crippen LogP contribution in [0.3, 0.4) is 0 Å². The van der Waals surface area contributed by atoms with E-state index >= 15 is 0 Å². The van der Waals surface area contributed by atoms with Gasteiger partial charge in [-0.2, -0.15) is 0 Å². The molecule has 39 heavy (non-hydrogen) atoms. The van der Waals surface area contributed by atoms with Gasteiger partial charge in [0.15, 0.2) is 0 Å². The quantitative estimate of drug-likeness (QED) is 0.0542. The smallest absolute Gasteiger partial charge is 0.317 e. The van der Waals surface area contributed by atoms with Crippen LogP contribution in [0.1, 0.15) is 39.5 Å². The van der Waals surface area contributed by atoms with Crippen LogP contribution in [0.25, 0.3) is 0 Å². The van der Waals surface area contributed by atoms with Gasteiger partial charge in [-0.1, -0.05) is 13.2 Å². The zero-order valence-electron chi connectivity index (χ0n) is 22.8. The number of rotatable bonds is 22. The molecule has 0 aromatic rings. The summed E-state index contributed by atoms with van der Waals surface area (Å²) in [6.07, 6.45) is 2.38. The second kappa shape index (κ2) is 20.2. The molecule has 0 aliphatic carbocycles. The number of hydrogen-bond donors (Lipinski definition) is 6. The Kier molecular flexibility index (Phi) is 18.3. The third-order valence-electron chi connectivity index (χ3n) is 5.05. The zero-order chi connectivity index (χ0) is 29.8. The molecule has 0 spiro atoms. The highest BCUT2D eigenvalue weighted by molar-refractivity contribution is 5.92. The molecule has 0 saturated heterocycles. The van der Waals surface area contributed by atoms with E-state index in [0.717, 1.165) is 0 Å². The second-order valence-corrected chi connectivity index (χ2v) is 9.09. The maximum Gasteiger partial charge on any atom is 0.317 e. The van der Waals surface area contributed by atoms with Gasteiger partial charge in [0.2, 0.25) is 23.6 Å². The van der Waals surface area contributed by atoms with Gasteiger partial charge in [-0.15, -0.1) is 0 Å². The zero-order valence-corrected chi connectivity index (χ0v) is 22.8. The number of nitrogens with zero attached hydrogens (tertiary/aromatic N) is 2. The van der Waals surface area contributed by atoms with Crippen LogP contribution in [0, 0.1) is 0 Å². The first kappa shape index (κ1) is 35.2. The van der Waals surface area contributed by atoms with Crippen LogP contribution in [-0.2, 0) is 28.8 Å². The van der Waals surface area contributed by atoms with E-state index < -0.39 is 36.8 Å². The molecule has 0 fully saturated rings. The molecule has 0 unspecified atom stereocenters. The SMILES string of the molecule is C=C(C)C(=O)NCCCCNC(=O)CN(CC(=O)O)CN(CC(=O)O)CC(=O)NCCCCNC(=O)C(=C)C. The maximum atomic E-state index is 12.3. The van der Waals surface area contributed by atoms with E-state index in [-0.39, 0.29) is 31.6 Å². The summed E-state index contributed by atoms with van der Waals surface area (Å²) in [5, 5.41) is 29.1. The number of carbonyl (C=O) groups excluding carboxylic acids is 4. The Morgan fingerprint density at radius 2 is 0.872 bits per heavy atom. The number of carbonyl (C=O) groups is 6. The number of aliphatic carboxylic acids is 2. The summed E-state index contributed by atoms with van der Waals surface area (Å²) in [4.78, 5) is 72.6. The second-order valence-electron chi connectivity index (χ2n) is 9.09. The molecule has 6 N–H and O–H groups in total. The van der Waals surface area contributed by atoms with Crippen LogP contribution in [-0.4, -0.2) is 115 Å². The van der Waals surface area contributed by atoms with Gasteiger partial charge < -0.3 is 31.5 Å². The average Bonchev–Trinajstić information content (AvgIpc) is 2.81. The van der Waals surface area contributed by atoms with Crippen molar-refractivity contribution in [2.75, 3.05) is 59.0 Å². The third kappa shape index (κ3) is 19.9. The summed E-state index contributed by atoms with van der Waals surface area (Å²) in [6, 6.07) is 0. The number of carboxylic acid groups (broad SMARTS) is 2. The Morgan fingerprint density at radius 3 is 1.15 bits per heavy atom. The number of carboxylic acids is 2. The van der Waals surface area contributed by atoms with Crippen LogP contribution in [0.4, 0.5) is 0 Å². The normalized spacial score (nSPS) is 10.6. The monoisotopic (exact) mass is 554 g/mol. The lowest BCUT2D eigenvalue weighted by Crippen LogP contribution is -2.49. The lowest BCUT2D eigenvalue weighted by molar-refractivity contribution is -0.140. The summed E-state index contributed by atoms with van der Waals surface area (Å²) >= 11 is 0. The Labute approximate surface area is 228 Å². The Balaban J connectivity index is 4.63. The van der Waals surface area contributed by atoms with Gasteiger partial charge in [-0.25, -0.2) is 0 Å². The number of unbranched alkanes of at least 4 members (excludes halogenated alkanes) is 2.